The van der Waals surface area contributed by atoms with E-state index in [1.807, 2.05) is 37.1 Å². The van der Waals surface area contributed by atoms with Gasteiger partial charge < -0.3 is 10.2 Å². The molecule has 0 bridgehead atoms. The first kappa shape index (κ1) is 14.9. The first-order valence-electron chi connectivity index (χ1n) is 6.49. The van der Waals surface area contributed by atoms with Gasteiger partial charge in [0.1, 0.15) is 5.01 Å². The second kappa shape index (κ2) is 6.33. The van der Waals surface area contributed by atoms with Crippen LogP contribution in [-0.4, -0.2) is 28.6 Å². The molecular weight excluding hydrogens is 286 g/mol. The van der Waals surface area contributed by atoms with Crippen LogP contribution >= 0.6 is 23.6 Å². The van der Waals surface area contributed by atoms with Crippen molar-refractivity contribution in [2.24, 2.45) is 0 Å². The minimum Gasteiger partial charge on any atom is -0.359 e. The van der Waals surface area contributed by atoms with Gasteiger partial charge in [-0.1, -0.05) is 24.3 Å². The molecular formula is C15H19N3S2. The highest BCUT2D eigenvalue weighted by atomic mass is 32.1. The molecule has 0 unspecified atom stereocenters. The van der Waals surface area contributed by atoms with Crippen LogP contribution in [0.1, 0.15) is 24.9 Å². The number of aromatic nitrogens is 1. The lowest BCUT2D eigenvalue weighted by Crippen LogP contribution is -2.39. The summed E-state index contributed by atoms with van der Waals surface area (Å²) in [5, 5.41) is 5.00. The largest absolute Gasteiger partial charge is 0.359 e. The SMILES string of the molecule is C=C(C)CNC(=S)N(C)[C@@H](C)c1nc2ccccc2s1. The lowest BCUT2D eigenvalue weighted by molar-refractivity contribution is 0.396. The maximum atomic E-state index is 5.40. The number of nitrogens with zero attached hydrogens (tertiary/aromatic N) is 2. The van der Waals surface area contributed by atoms with Gasteiger partial charge in [0.05, 0.1) is 16.3 Å². The molecule has 5 heteroatoms. The Morgan fingerprint density at radius 1 is 1.50 bits per heavy atom. The molecule has 0 spiro atoms. The number of rotatable bonds is 4. The Hall–Kier alpha value is -1.46. The molecule has 0 saturated heterocycles. The molecule has 0 fully saturated rings. The predicted octanol–water partition coefficient (Wildman–Crippen LogP) is 3.74. The smallest absolute Gasteiger partial charge is 0.169 e. The van der Waals surface area contributed by atoms with Crippen molar-refractivity contribution in [1.82, 2.24) is 15.2 Å². The molecule has 2 rings (SSSR count). The molecule has 0 amide bonds. The highest BCUT2D eigenvalue weighted by molar-refractivity contribution is 7.80. The van der Waals surface area contributed by atoms with Gasteiger partial charge >= 0.3 is 0 Å². The lowest BCUT2D eigenvalue weighted by atomic mass is 10.3. The van der Waals surface area contributed by atoms with Crippen LogP contribution < -0.4 is 5.32 Å². The van der Waals surface area contributed by atoms with Gasteiger partial charge in [-0.15, -0.1) is 11.3 Å². The monoisotopic (exact) mass is 305 g/mol. The van der Waals surface area contributed by atoms with E-state index < -0.39 is 0 Å². The zero-order valence-electron chi connectivity index (χ0n) is 12.0. The fraction of sp³-hybridized carbons (Fsp3) is 0.333. The molecule has 106 valence electrons. The van der Waals surface area contributed by atoms with Gasteiger partial charge in [0.2, 0.25) is 0 Å². The number of hydrogen-bond acceptors (Lipinski definition) is 3. The molecule has 1 aromatic carbocycles. The first-order chi connectivity index (χ1) is 9.49. The van der Waals surface area contributed by atoms with Crippen molar-refractivity contribution in [3.63, 3.8) is 0 Å². The predicted molar refractivity (Wildman–Crippen MR) is 91.2 cm³/mol. The van der Waals surface area contributed by atoms with E-state index in [2.05, 4.69) is 29.9 Å². The van der Waals surface area contributed by atoms with Gasteiger partial charge in [-0.05, 0) is 38.2 Å². The quantitative estimate of drug-likeness (QED) is 0.688. The van der Waals surface area contributed by atoms with Gasteiger partial charge in [0.15, 0.2) is 5.11 Å². The number of hydrogen-bond donors (Lipinski definition) is 1. The Bertz CT molecular complexity index is 600. The molecule has 20 heavy (non-hydrogen) atoms. The Balaban J connectivity index is 2.11. The van der Waals surface area contributed by atoms with Crippen LogP contribution in [0.15, 0.2) is 36.4 Å². The fourth-order valence-corrected chi connectivity index (χ4v) is 3.05. The van der Waals surface area contributed by atoms with Crippen LogP contribution in [0, 0.1) is 0 Å². The van der Waals surface area contributed by atoms with Gasteiger partial charge in [-0.25, -0.2) is 4.98 Å². The van der Waals surface area contributed by atoms with Crippen LogP contribution in [0.3, 0.4) is 0 Å². The van der Waals surface area contributed by atoms with Crippen molar-refractivity contribution in [3.05, 3.63) is 41.4 Å². The molecule has 1 atom stereocenters. The molecule has 0 aliphatic heterocycles. The van der Waals surface area contributed by atoms with Crippen molar-refractivity contribution in [1.29, 1.82) is 0 Å². The van der Waals surface area contributed by atoms with Gasteiger partial charge in [-0.3, -0.25) is 0 Å². The molecule has 2 aromatic rings. The van der Waals surface area contributed by atoms with E-state index >= 15 is 0 Å². The molecule has 1 aromatic heterocycles. The average Bonchev–Trinajstić information content (AvgIpc) is 2.86. The summed E-state index contributed by atoms with van der Waals surface area (Å²) in [5.41, 5.74) is 2.11. The second-order valence-corrected chi connectivity index (χ2v) is 6.37. The summed E-state index contributed by atoms with van der Waals surface area (Å²) in [6.07, 6.45) is 0. The number of para-hydroxylation sites is 1. The second-order valence-electron chi connectivity index (χ2n) is 4.92. The summed E-state index contributed by atoms with van der Waals surface area (Å²) in [5.74, 6) is 0. The van der Waals surface area contributed by atoms with Crippen LogP contribution in [0.4, 0.5) is 0 Å². The molecule has 0 aliphatic rings. The van der Waals surface area contributed by atoms with Crippen LogP contribution in [0.2, 0.25) is 0 Å². The Kier molecular flexibility index (Phi) is 4.73. The van der Waals surface area contributed by atoms with Gasteiger partial charge in [-0.2, -0.15) is 0 Å². The third-order valence-corrected chi connectivity index (χ3v) is 4.75. The zero-order chi connectivity index (χ0) is 14.7. The summed E-state index contributed by atoms with van der Waals surface area (Å²) in [6, 6.07) is 8.34. The van der Waals surface area contributed by atoms with Crippen molar-refractivity contribution >= 4 is 38.9 Å². The normalized spacial score (nSPS) is 12.2. The highest BCUT2D eigenvalue weighted by Crippen LogP contribution is 2.28. The van der Waals surface area contributed by atoms with Crippen molar-refractivity contribution in [2.75, 3.05) is 13.6 Å². The van der Waals surface area contributed by atoms with Crippen LogP contribution in [0.5, 0.6) is 0 Å². The summed E-state index contributed by atoms with van der Waals surface area (Å²) < 4.78 is 1.21. The highest BCUT2D eigenvalue weighted by Gasteiger charge is 2.18. The van der Waals surface area contributed by atoms with Crippen molar-refractivity contribution in [2.45, 2.75) is 19.9 Å². The number of nitrogens with one attached hydrogen (secondary N) is 1. The lowest BCUT2D eigenvalue weighted by Gasteiger charge is -2.26. The van der Waals surface area contributed by atoms with Crippen LogP contribution in [0.25, 0.3) is 10.2 Å². The minimum absolute atomic E-state index is 0.150. The van der Waals surface area contributed by atoms with Crippen molar-refractivity contribution < 1.29 is 0 Å². The average molecular weight is 305 g/mol. The number of thiazole rings is 1. The summed E-state index contributed by atoms with van der Waals surface area (Å²) in [4.78, 5) is 6.72. The van der Waals surface area contributed by atoms with Gasteiger partial charge in [0, 0.05) is 13.6 Å². The molecule has 0 aliphatic carbocycles. The van der Waals surface area contributed by atoms with E-state index in [1.165, 1.54) is 4.70 Å². The Morgan fingerprint density at radius 2 is 2.20 bits per heavy atom. The topological polar surface area (TPSA) is 28.2 Å². The Labute approximate surface area is 129 Å². The number of fused-ring (bicyclic) bond motifs is 1. The van der Waals surface area contributed by atoms with E-state index in [9.17, 15) is 0 Å². The maximum absolute atomic E-state index is 5.40. The summed E-state index contributed by atoms with van der Waals surface area (Å²) in [6.45, 7) is 8.67. The van der Waals surface area contributed by atoms with E-state index in [0.29, 0.717) is 6.54 Å². The summed E-state index contributed by atoms with van der Waals surface area (Å²) in [7, 11) is 1.99. The Morgan fingerprint density at radius 3 is 2.85 bits per heavy atom. The molecule has 0 radical (unpaired) electrons. The molecule has 1 heterocycles. The minimum atomic E-state index is 0.150. The van der Waals surface area contributed by atoms with E-state index in [0.717, 1.165) is 21.2 Å². The standard InChI is InChI=1S/C15H19N3S2/c1-10(2)9-16-15(19)18(4)11(3)14-17-12-7-5-6-8-13(12)20-14/h5-8,11H,1,9H2,2-4H3,(H,16,19)/t11-/m0/s1. The number of benzene rings is 1. The van der Waals surface area contributed by atoms with E-state index in [1.54, 1.807) is 11.3 Å². The molecule has 1 N–H and O–H groups in total. The van der Waals surface area contributed by atoms with Crippen LogP contribution in [-0.2, 0) is 0 Å². The number of thiocarbonyl (C=S) groups is 1. The fourth-order valence-electron chi connectivity index (χ4n) is 1.76. The molecule has 0 saturated carbocycles. The third-order valence-electron chi connectivity index (χ3n) is 3.11. The van der Waals surface area contributed by atoms with Gasteiger partial charge in [0.25, 0.3) is 0 Å². The molecule has 3 nitrogen and oxygen atoms in total. The first-order valence-corrected chi connectivity index (χ1v) is 7.72. The third kappa shape index (κ3) is 3.35. The van der Waals surface area contributed by atoms with E-state index in [-0.39, 0.29) is 6.04 Å². The maximum Gasteiger partial charge on any atom is 0.169 e. The van der Waals surface area contributed by atoms with E-state index in [4.69, 9.17) is 12.2 Å². The zero-order valence-corrected chi connectivity index (χ0v) is 13.6. The summed E-state index contributed by atoms with van der Waals surface area (Å²) >= 11 is 7.12. The van der Waals surface area contributed by atoms with Crippen molar-refractivity contribution in [3.8, 4) is 0 Å².